The molecule has 0 aromatic carbocycles. The highest BCUT2D eigenvalue weighted by Gasteiger charge is 2.24. The predicted molar refractivity (Wildman–Crippen MR) is 45.2 cm³/mol. The van der Waals surface area contributed by atoms with Crippen molar-refractivity contribution in [1.29, 1.82) is 0 Å². The monoisotopic (exact) mass is 189 g/mol. The largest absolute Gasteiger partial charge is 0.525 e. The van der Waals surface area contributed by atoms with Crippen molar-refractivity contribution in [1.82, 2.24) is 5.06 Å². The first kappa shape index (κ1) is 10.3. The minimum atomic E-state index is -1.27. The van der Waals surface area contributed by atoms with Crippen molar-refractivity contribution in [2.24, 2.45) is 0 Å². The highest BCUT2D eigenvalue weighted by Crippen LogP contribution is 2.19. The van der Waals surface area contributed by atoms with E-state index in [1.54, 1.807) is 0 Å². The highest BCUT2D eigenvalue weighted by molar-refractivity contribution is 5.56. The van der Waals surface area contributed by atoms with E-state index in [9.17, 15) is 4.79 Å². The molecule has 1 aliphatic rings. The van der Waals surface area contributed by atoms with Crippen molar-refractivity contribution in [3.63, 3.8) is 0 Å². The Morgan fingerprint density at radius 3 is 2.92 bits per heavy atom. The lowest BCUT2D eigenvalue weighted by atomic mass is 10.0. The first-order valence-corrected chi connectivity index (χ1v) is 4.52. The maximum absolute atomic E-state index is 10.3. The van der Waals surface area contributed by atoms with Crippen LogP contribution in [0.4, 0.5) is 4.79 Å². The Bertz CT molecular complexity index is 172. The number of aliphatic hydroxyl groups is 1. The Labute approximate surface area is 76.9 Å². The van der Waals surface area contributed by atoms with Crippen LogP contribution in [-0.4, -0.2) is 40.6 Å². The number of rotatable bonds is 3. The molecule has 1 atom stereocenters. The Morgan fingerprint density at radius 2 is 2.31 bits per heavy atom. The van der Waals surface area contributed by atoms with Crippen molar-refractivity contribution >= 4 is 6.16 Å². The summed E-state index contributed by atoms with van der Waals surface area (Å²) in [5.74, 6) is 0. The summed E-state index contributed by atoms with van der Waals surface area (Å²) in [4.78, 5) is 14.9. The van der Waals surface area contributed by atoms with E-state index < -0.39 is 6.16 Å². The molecule has 5 heteroatoms. The van der Waals surface area contributed by atoms with Crippen molar-refractivity contribution in [2.45, 2.75) is 31.7 Å². The quantitative estimate of drug-likeness (QED) is 0.688. The maximum atomic E-state index is 10.3. The molecule has 0 aromatic heterocycles. The zero-order chi connectivity index (χ0) is 9.68. The van der Waals surface area contributed by atoms with E-state index in [0.717, 1.165) is 19.3 Å². The van der Waals surface area contributed by atoms with Gasteiger partial charge in [0.15, 0.2) is 0 Å². The summed E-state index contributed by atoms with van der Waals surface area (Å²) < 4.78 is 0. The van der Waals surface area contributed by atoms with Crippen LogP contribution in [-0.2, 0) is 4.84 Å². The fraction of sp³-hybridized carbons (Fsp3) is 0.875. The van der Waals surface area contributed by atoms with Gasteiger partial charge in [-0.3, -0.25) is 0 Å². The molecule has 5 nitrogen and oxygen atoms in total. The molecule has 1 saturated heterocycles. The fourth-order valence-corrected chi connectivity index (χ4v) is 1.63. The van der Waals surface area contributed by atoms with E-state index in [0.29, 0.717) is 13.0 Å². The maximum Gasteiger partial charge on any atom is 0.525 e. The molecule has 1 unspecified atom stereocenters. The van der Waals surface area contributed by atoms with Crippen LogP contribution in [0.5, 0.6) is 0 Å². The first-order chi connectivity index (χ1) is 6.24. The lowest BCUT2D eigenvalue weighted by Gasteiger charge is -2.32. The van der Waals surface area contributed by atoms with Crippen LogP contribution in [0.2, 0.25) is 0 Å². The predicted octanol–water partition coefficient (Wildman–Crippen LogP) is 0.833. The summed E-state index contributed by atoms with van der Waals surface area (Å²) in [5.41, 5.74) is 0. The van der Waals surface area contributed by atoms with Gasteiger partial charge in [0.25, 0.3) is 0 Å². The minimum absolute atomic E-state index is 0.0508. The van der Waals surface area contributed by atoms with Gasteiger partial charge in [0.1, 0.15) is 0 Å². The van der Waals surface area contributed by atoms with Crippen LogP contribution in [0.3, 0.4) is 0 Å². The topological polar surface area (TPSA) is 70.0 Å². The summed E-state index contributed by atoms with van der Waals surface area (Å²) in [5, 5.41) is 18.6. The van der Waals surface area contributed by atoms with Gasteiger partial charge in [-0.2, -0.15) is 0 Å². The molecule has 13 heavy (non-hydrogen) atoms. The van der Waals surface area contributed by atoms with E-state index in [2.05, 4.69) is 4.84 Å². The van der Waals surface area contributed by atoms with Gasteiger partial charge in [-0.25, -0.2) is 4.79 Å². The minimum Gasteiger partial charge on any atom is -0.448 e. The van der Waals surface area contributed by atoms with Gasteiger partial charge < -0.3 is 15.1 Å². The molecule has 76 valence electrons. The van der Waals surface area contributed by atoms with E-state index >= 15 is 0 Å². The van der Waals surface area contributed by atoms with Gasteiger partial charge in [-0.1, -0.05) is 6.42 Å². The van der Waals surface area contributed by atoms with Crippen LogP contribution in [0, 0.1) is 0 Å². The third-order valence-corrected chi connectivity index (χ3v) is 2.23. The molecule has 1 rings (SSSR count). The van der Waals surface area contributed by atoms with Gasteiger partial charge in [0, 0.05) is 19.2 Å². The highest BCUT2D eigenvalue weighted by atomic mass is 16.8. The number of hydrogen-bond donors (Lipinski definition) is 2. The molecule has 2 N–H and O–H groups in total. The molecule has 0 saturated carbocycles. The molecule has 0 aliphatic carbocycles. The fourth-order valence-electron chi connectivity index (χ4n) is 1.63. The lowest BCUT2D eigenvalue weighted by molar-refractivity contribution is -0.163. The summed E-state index contributed by atoms with van der Waals surface area (Å²) in [6, 6.07) is 0.0508. The third kappa shape index (κ3) is 3.20. The number of hydroxylamine groups is 2. The molecule has 0 radical (unpaired) electrons. The second-order valence-electron chi connectivity index (χ2n) is 3.16. The Hall–Kier alpha value is -0.810. The second-order valence-corrected chi connectivity index (χ2v) is 3.16. The molecule has 1 heterocycles. The van der Waals surface area contributed by atoms with E-state index in [4.69, 9.17) is 10.2 Å². The van der Waals surface area contributed by atoms with Crippen LogP contribution >= 0.6 is 0 Å². The number of piperidine rings is 1. The van der Waals surface area contributed by atoms with E-state index in [1.165, 1.54) is 5.06 Å². The zero-order valence-electron chi connectivity index (χ0n) is 7.48. The van der Waals surface area contributed by atoms with E-state index in [-0.39, 0.29) is 12.6 Å². The molecule has 1 aliphatic heterocycles. The number of nitrogens with zero attached hydrogens (tertiary/aromatic N) is 1. The number of hydrogen-bond acceptors (Lipinski definition) is 4. The Balaban J connectivity index is 2.41. The van der Waals surface area contributed by atoms with Crippen LogP contribution < -0.4 is 0 Å². The van der Waals surface area contributed by atoms with Gasteiger partial charge in [-0.15, -0.1) is 5.06 Å². The molecule has 1 fully saturated rings. The Kier molecular flexibility index (Phi) is 3.98. The van der Waals surface area contributed by atoms with Crippen LogP contribution in [0.25, 0.3) is 0 Å². The number of carbonyl (C=O) groups is 1. The van der Waals surface area contributed by atoms with Crippen LogP contribution in [0.1, 0.15) is 25.7 Å². The number of aliphatic hydroxyl groups excluding tert-OH is 1. The van der Waals surface area contributed by atoms with Crippen molar-refractivity contribution < 1.29 is 19.8 Å². The zero-order valence-corrected chi connectivity index (χ0v) is 7.48. The number of carboxylic acid groups (broad SMARTS) is 1. The lowest BCUT2D eigenvalue weighted by Crippen LogP contribution is -2.41. The normalized spacial score (nSPS) is 24.2. The van der Waals surface area contributed by atoms with Crippen molar-refractivity contribution in [2.75, 3.05) is 13.2 Å². The molecule has 0 bridgehead atoms. The van der Waals surface area contributed by atoms with Gasteiger partial charge in [-0.05, 0) is 19.3 Å². The first-order valence-electron chi connectivity index (χ1n) is 4.52. The summed E-state index contributed by atoms with van der Waals surface area (Å²) in [6.45, 7) is 0.709. The summed E-state index contributed by atoms with van der Waals surface area (Å²) in [6.07, 6.45) is 2.23. The SMILES string of the molecule is O=C(O)ON1CCCCC1CCO. The average Bonchev–Trinajstić information content (AvgIpc) is 2.08. The molecule has 0 spiro atoms. The van der Waals surface area contributed by atoms with Crippen molar-refractivity contribution in [3.05, 3.63) is 0 Å². The second kappa shape index (κ2) is 5.04. The molecule has 0 aromatic rings. The molecular formula is C8H15NO4. The summed E-state index contributed by atoms with van der Waals surface area (Å²) >= 11 is 0. The third-order valence-electron chi connectivity index (χ3n) is 2.23. The van der Waals surface area contributed by atoms with Crippen molar-refractivity contribution in [3.8, 4) is 0 Å². The molecular weight excluding hydrogens is 174 g/mol. The van der Waals surface area contributed by atoms with Gasteiger partial charge in [0.05, 0.1) is 0 Å². The summed E-state index contributed by atoms with van der Waals surface area (Å²) in [7, 11) is 0. The van der Waals surface area contributed by atoms with Gasteiger partial charge >= 0.3 is 6.16 Å². The van der Waals surface area contributed by atoms with Crippen LogP contribution in [0.15, 0.2) is 0 Å². The van der Waals surface area contributed by atoms with E-state index in [1.807, 2.05) is 0 Å². The van der Waals surface area contributed by atoms with Gasteiger partial charge in [0.2, 0.25) is 0 Å². The average molecular weight is 189 g/mol. The standard InChI is InChI=1S/C8H15NO4/c10-6-4-7-3-1-2-5-9(7)13-8(11)12/h7,10H,1-6H2,(H,11,12). The smallest absolute Gasteiger partial charge is 0.448 e. The Morgan fingerprint density at radius 1 is 1.54 bits per heavy atom. The molecule has 0 amide bonds.